The summed E-state index contributed by atoms with van der Waals surface area (Å²) >= 11 is 0. The number of carboxylic acids is 2. The normalized spacial score (nSPS) is 9.61. The average molecular weight is 246 g/mol. The van der Waals surface area contributed by atoms with E-state index in [9.17, 15) is 9.59 Å². The summed E-state index contributed by atoms with van der Waals surface area (Å²) in [4.78, 5) is 21.4. The van der Waals surface area contributed by atoms with Gasteiger partial charge in [0.05, 0.1) is 0 Å². The van der Waals surface area contributed by atoms with Crippen LogP contribution in [0.15, 0.2) is 42.0 Å². The minimum atomic E-state index is -1.45. The van der Waals surface area contributed by atoms with E-state index in [1.807, 2.05) is 19.1 Å². The smallest absolute Gasteiger partial charge is 0.343 e. The summed E-state index contributed by atoms with van der Waals surface area (Å²) in [5, 5.41) is 17.4. The van der Waals surface area contributed by atoms with Crippen LogP contribution >= 0.6 is 0 Å². The molecule has 0 unspecified atom stereocenters. The Bertz CT molecular complexity index is 493. The summed E-state index contributed by atoms with van der Waals surface area (Å²) in [6.07, 6.45) is 1.88. The van der Waals surface area contributed by atoms with Gasteiger partial charge in [-0.1, -0.05) is 36.4 Å². The van der Waals surface area contributed by atoms with E-state index in [0.717, 1.165) is 23.6 Å². The molecule has 1 aromatic rings. The minimum Gasteiger partial charge on any atom is -0.477 e. The standard InChI is InChI=1S/C14H14O4/c1-9(2)7-10-3-5-11(6-4-10)8-12(13(15)16)14(17)18/h3-6,8H,1,7H2,2H3,(H,15,16)(H,17,18). The first-order valence-corrected chi connectivity index (χ1v) is 5.31. The van der Waals surface area contributed by atoms with E-state index in [1.165, 1.54) is 0 Å². The first kappa shape index (κ1) is 13.7. The molecule has 4 heteroatoms. The maximum Gasteiger partial charge on any atom is 0.343 e. The van der Waals surface area contributed by atoms with Gasteiger partial charge in [-0.2, -0.15) is 0 Å². The van der Waals surface area contributed by atoms with Gasteiger partial charge in [0.25, 0.3) is 0 Å². The maximum absolute atomic E-state index is 10.7. The van der Waals surface area contributed by atoms with Crippen LogP contribution in [-0.4, -0.2) is 22.2 Å². The number of aliphatic carboxylic acids is 2. The highest BCUT2D eigenvalue weighted by atomic mass is 16.4. The summed E-state index contributed by atoms with van der Waals surface area (Å²) in [5.74, 6) is -2.90. The van der Waals surface area contributed by atoms with Crippen LogP contribution in [-0.2, 0) is 16.0 Å². The second kappa shape index (κ2) is 5.82. The summed E-state index contributed by atoms with van der Waals surface area (Å²) in [6.45, 7) is 5.72. The van der Waals surface area contributed by atoms with Gasteiger partial charge >= 0.3 is 11.9 Å². The van der Waals surface area contributed by atoms with Crippen molar-refractivity contribution in [3.63, 3.8) is 0 Å². The molecule has 0 heterocycles. The monoisotopic (exact) mass is 246 g/mol. The fourth-order valence-electron chi connectivity index (χ4n) is 1.46. The summed E-state index contributed by atoms with van der Waals surface area (Å²) in [6, 6.07) is 7.01. The molecule has 4 nitrogen and oxygen atoms in total. The van der Waals surface area contributed by atoms with Gasteiger partial charge in [-0.3, -0.25) is 0 Å². The van der Waals surface area contributed by atoms with E-state index in [-0.39, 0.29) is 0 Å². The lowest BCUT2D eigenvalue weighted by atomic mass is 10.0. The molecule has 0 aliphatic heterocycles. The number of carbonyl (C=O) groups is 2. The molecule has 0 aliphatic carbocycles. The van der Waals surface area contributed by atoms with Crippen LogP contribution in [0.5, 0.6) is 0 Å². The topological polar surface area (TPSA) is 74.6 Å². The van der Waals surface area contributed by atoms with E-state index < -0.39 is 17.5 Å². The molecule has 94 valence electrons. The highest BCUT2D eigenvalue weighted by Gasteiger charge is 2.15. The summed E-state index contributed by atoms with van der Waals surface area (Å²) in [5.41, 5.74) is 1.96. The minimum absolute atomic E-state index is 0.542. The van der Waals surface area contributed by atoms with E-state index >= 15 is 0 Å². The van der Waals surface area contributed by atoms with Crippen molar-refractivity contribution in [2.24, 2.45) is 0 Å². The van der Waals surface area contributed by atoms with E-state index in [1.54, 1.807) is 12.1 Å². The van der Waals surface area contributed by atoms with Crippen molar-refractivity contribution < 1.29 is 19.8 Å². The van der Waals surface area contributed by atoms with Crippen LogP contribution in [0.4, 0.5) is 0 Å². The number of allylic oxidation sites excluding steroid dienone is 1. The van der Waals surface area contributed by atoms with Crippen LogP contribution < -0.4 is 0 Å². The molecule has 0 saturated heterocycles. The molecule has 0 bridgehead atoms. The van der Waals surface area contributed by atoms with Gasteiger partial charge in [0, 0.05) is 0 Å². The predicted molar refractivity (Wildman–Crippen MR) is 68.2 cm³/mol. The molecular formula is C14H14O4. The zero-order valence-electron chi connectivity index (χ0n) is 10.0. The van der Waals surface area contributed by atoms with Crippen molar-refractivity contribution in [2.75, 3.05) is 0 Å². The third-order valence-electron chi connectivity index (χ3n) is 2.26. The van der Waals surface area contributed by atoms with E-state index in [4.69, 9.17) is 10.2 Å². The number of hydrogen-bond acceptors (Lipinski definition) is 2. The number of rotatable bonds is 5. The Labute approximate surface area is 105 Å². The van der Waals surface area contributed by atoms with Crippen LogP contribution in [0.25, 0.3) is 6.08 Å². The molecule has 0 saturated carbocycles. The Balaban J connectivity index is 2.98. The lowest BCUT2D eigenvalue weighted by Gasteiger charge is -2.02. The van der Waals surface area contributed by atoms with Crippen molar-refractivity contribution in [3.8, 4) is 0 Å². The fraction of sp³-hybridized carbons (Fsp3) is 0.143. The summed E-state index contributed by atoms with van der Waals surface area (Å²) < 4.78 is 0. The first-order valence-electron chi connectivity index (χ1n) is 5.31. The molecule has 1 aromatic carbocycles. The third-order valence-corrected chi connectivity index (χ3v) is 2.26. The van der Waals surface area contributed by atoms with Crippen LogP contribution in [0.2, 0.25) is 0 Å². The Morgan fingerprint density at radius 1 is 1.17 bits per heavy atom. The maximum atomic E-state index is 10.7. The van der Waals surface area contributed by atoms with Gasteiger partial charge in [-0.05, 0) is 30.5 Å². The Morgan fingerprint density at radius 3 is 2.06 bits per heavy atom. The Kier molecular flexibility index (Phi) is 4.43. The lowest BCUT2D eigenvalue weighted by molar-refractivity contribution is -0.139. The molecule has 2 N–H and O–H groups in total. The van der Waals surface area contributed by atoms with Crippen molar-refractivity contribution >= 4 is 18.0 Å². The average Bonchev–Trinajstić information content (AvgIpc) is 2.26. The number of hydrogen-bond donors (Lipinski definition) is 2. The molecular weight excluding hydrogens is 232 g/mol. The van der Waals surface area contributed by atoms with Crippen LogP contribution in [0.1, 0.15) is 18.1 Å². The van der Waals surface area contributed by atoms with Crippen molar-refractivity contribution in [3.05, 3.63) is 53.1 Å². The van der Waals surface area contributed by atoms with Gasteiger partial charge in [0.1, 0.15) is 5.57 Å². The Morgan fingerprint density at radius 2 is 1.67 bits per heavy atom. The van der Waals surface area contributed by atoms with E-state index in [0.29, 0.717) is 5.56 Å². The van der Waals surface area contributed by atoms with Gasteiger partial charge in [0.15, 0.2) is 0 Å². The van der Waals surface area contributed by atoms with Crippen LogP contribution in [0.3, 0.4) is 0 Å². The molecule has 0 radical (unpaired) electrons. The van der Waals surface area contributed by atoms with Gasteiger partial charge in [-0.15, -0.1) is 0 Å². The molecule has 0 aliphatic rings. The van der Waals surface area contributed by atoms with Crippen molar-refractivity contribution in [1.82, 2.24) is 0 Å². The Hall–Kier alpha value is -2.36. The molecule has 0 aromatic heterocycles. The van der Waals surface area contributed by atoms with Gasteiger partial charge in [0.2, 0.25) is 0 Å². The van der Waals surface area contributed by atoms with E-state index in [2.05, 4.69) is 6.58 Å². The zero-order chi connectivity index (χ0) is 13.7. The summed E-state index contributed by atoms with van der Waals surface area (Å²) in [7, 11) is 0. The zero-order valence-corrected chi connectivity index (χ0v) is 10.0. The lowest BCUT2D eigenvalue weighted by Crippen LogP contribution is -2.10. The van der Waals surface area contributed by atoms with Gasteiger partial charge < -0.3 is 10.2 Å². The molecule has 0 spiro atoms. The quantitative estimate of drug-likeness (QED) is 0.362. The molecule has 0 fully saturated rings. The molecule has 0 atom stereocenters. The molecule has 1 rings (SSSR count). The van der Waals surface area contributed by atoms with Crippen molar-refractivity contribution in [1.29, 1.82) is 0 Å². The SMILES string of the molecule is C=C(C)Cc1ccc(C=C(C(=O)O)C(=O)O)cc1. The fourth-order valence-corrected chi connectivity index (χ4v) is 1.46. The first-order chi connectivity index (χ1) is 8.40. The van der Waals surface area contributed by atoms with Gasteiger partial charge in [-0.25, -0.2) is 9.59 Å². The predicted octanol–water partition coefficient (Wildman–Crippen LogP) is 2.36. The number of carboxylic acid groups (broad SMARTS) is 2. The largest absolute Gasteiger partial charge is 0.477 e. The highest BCUT2D eigenvalue weighted by molar-refractivity contribution is 6.16. The molecule has 18 heavy (non-hydrogen) atoms. The second-order valence-electron chi connectivity index (χ2n) is 4.04. The number of benzene rings is 1. The highest BCUT2D eigenvalue weighted by Crippen LogP contribution is 2.12. The van der Waals surface area contributed by atoms with Crippen LogP contribution in [0, 0.1) is 0 Å². The van der Waals surface area contributed by atoms with Crippen molar-refractivity contribution in [2.45, 2.75) is 13.3 Å². The molecule has 0 amide bonds. The third kappa shape index (κ3) is 3.90. The second-order valence-corrected chi connectivity index (χ2v) is 4.04.